The largest absolute Gasteiger partial charge is 0.375 e. The van der Waals surface area contributed by atoms with Gasteiger partial charge in [0.1, 0.15) is 6.10 Å². The van der Waals surface area contributed by atoms with E-state index in [1.165, 1.54) is 19.3 Å². The summed E-state index contributed by atoms with van der Waals surface area (Å²) in [5.41, 5.74) is 0. The second-order valence-electron chi connectivity index (χ2n) is 5.59. The minimum atomic E-state index is 0.195. The third-order valence-electron chi connectivity index (χ3n) is 4.05. The first-order valence-electron chi connectivity index (χ1n) is 8.04. The van der Waals surface area contributed by atoms with Gasteiger partial charge in [-0.3, -0.25) is 4.99 Å². The molecule has 2 unspecified atom stereocenters. The Morgan fingerprint density at radius 2 is 2.10 bits per heavy atom. The molecule has 5 nitrogen and oxygen atoms in total. The van der Waals surface area contributed by atoms with Gasteiger partial charge in [-0.2, -0.15) is 0 Å². The molecule has 20 heavy (non-hydrogen) atoms. The van der Waals surface area contributed by atoms with Gasteiger partial charge in [0.2, 0.25) is 0 Å². The highest BCUT2D eigenvalue weighted by molar-refractivity contribution is 5.80. The molecule has 2 aliphatic rings. The van der Waals surface area contributed by atoms with Crippen LogP contribution in [0, 0.1) is 0 Å². The van der Waals surface area contributed by atoms with E-state index in [0.29, 0.717) is 0 Å². The summed E-state index contributed by atoms with van der Waals surface area (Å²) in [6.45, 7) is 6.68. The van der Waals surface area contributed by atoms with Crippen molar-refractivity contribution in [3.63, 3.8) is 0 Å². The predicted octanol–water partition coefficient (Wildman–Crippen LogP) is 1.63. The molecule has 0 saturated carbocycles. The van der Waals surface area contributed by atoms with Crippen LogP contribution in [-0.4, -0.2) is 63.0 Å². The maximum atomic E-state index is 5.88. The van der Waals surface area contributed by atoms with Crippen molar-refractivity contribution in [3.8, 4) is 0 Å². The molecule has 1 N–H and O–H groups in total. The van der Waals surface area contributed by atoms with Gasteiger partial charge in [-0.25, -0.2) is 0 Å². The summed E-state index contributed by atoms with van der Waals surface area (Å²) in [4.78, 5) is 6.71. The Balaban J connectivity index is 1.79. The minimum absolute atomic E-state index is 0.195. The smallest absolute Gasteiger partial charge is 0.193 e. The first kappa shape index (κ1) is 15.6. The van der Waals surface area contributed by atoms with Crippen LogP contribution in [-0.2, 0) is 9.47 Å². The minimum Gasteiger partial charge on any atom is -0.375 e. The van der Waals surface area contributed by atoms with Crippen LogP contribution in [0.5, 0.6) is 0 Å². The Hall–Kier alpha value is -0.810. The lowest BCUT2D eigenvalue weighted by Gasteiger charge is -2.37. The highest BCUT2D eigenvalue weighted by Crippen LogP contribution is 2.20. The molecule has 0 amide bonds. The van der Waals surface area contributed by atoms with Gasteiger partial charge in [-0.05, 0) is 19.3 Å². The van der Waals surface area contributed by atoms with Crippen LogP contribution in [0.2, 0.25) is 0 Å². The number of unbranched alkanes of at least 4 members (excludes halogenated alkanes) is 2. The highest BCUT2D eigenvalue weighted by atomic mass is 16.5. The molecule has 0 aliphatic carbocycles. The molecule has 116 valence electrons. The fourth-order valence-electron chi connectivity index (χ4n) is 2.90. The monoisotopic (exact) mass is 283 g/mol. The molecule has 2 fully saturated rings. The molecule has 2 aliphatic heterocycles. The molecule has 0 radical (unpaired) electrons. The number of ether oxygens (including phenoxy) is 2. The summed E-state index contributed by atoms with van der Waals surface area (Å²) in [6.07, 6.45) is 6.48. The Bertz CT molecular complexity index is 303. The predicted molar refractivity (Wildman–Crippen MR) is 81.2 cm³/mol. The lowest BCUT2D eigenvalue weighted by molar-refractivity contribution is -0.0816. The van der Waals surface area contributed by atoms with E-state index in [1.807, 2.05) is 7.05 Å². The van der Waals surface area contributed by atoms with Crippen LogP contribution in [0.3, 0.4) is 0 Å². The standard InChI is InChI=1S/C15H29N3O2/c1-3-4-5-8-17-15(16-2)18-9-11-20-14(12-18)13-7-6-10-19-13/h13-14H,3-12H2,1-2H3,(H,16,17). The van der Waals surface area contributed by atoms with Crippen LogP contribution < -0.4 is 5.32 Å². The van der Waals surface area contributed by atoms with E-state index < -0.39 is 0 Å². The third-order valence-corrected chi connectivity index (χ3v) is 4.05. The van der Waals surface area contributed by atoms with Crippen molar-refractivity contribution < 1.29 is 9.47 Å². The number of hydrogen-bond donors (Lipinski definition) is 1. The lowest BCUT2D eigenvalue weighted by Crippen LogP contribution is -2.53. The molecule has 2 rings (SSSR count). The SMILES string of the molecule is CCCCCNC(=NC)N1CCOC(C2CCCO2)C1. The molecule has 2 saturated heterocycles. The van der Waals surface area contributed by atoms with Gasteiger partial charge in [0.15, 0.2) is 5.96 Å². The van der Waals surface area contributed by atoms with E-state index in [0.717, 1.165) is 51.6 Å². The van der Waals surface area contributed by atoms with Crippen molar-refractivity contribution >= 4 is 5.96 Å². The van der Waals surface area contributed by atoms with E-state index in [2.05, 4.69) is 22.1 Å². The molecule has 0 aromatic heterocycles. The Kier molecular flexibility index (Phi) is 6.60. The summed E-state index contributed by atoms with van der Waals surface area (Å²) in [5, 5.41) is 3.46. The summed E-state index contributed by atoms with van der Waals surface area (Å²) < 4.78 is 11.6. The van der Waals surface area contributed by atoms with Crippen molar-refractivity contribution in [1.29, 1.82) is 0 Å². The second-order valence-corrected chi connectivity index (χ2v) is 5.59. The molecule has 2 atom stereocenters. The van der Waals surface area contributed by atoms with Crippen LogP contribution in [0.15, 0.2) is 4.99 Å². The number of nitrogens with zero attached hydrogens (tertiary/aromatic N) is 2. The van der Waals surface area contributed by atoms with E-state index in [-0.39, 0.29) is 12.2 Å². The average Bonchev–Trinajstić information content (AvgIpc) is 3.02. The van der Waals surface area contributed by atoms with E-state index in [9.17, 15) is 0 Å². The molecular weight excluding hydrogens is 254 g/mol. The maximum Gasteiger partial charge on any atom is 0.193 e. The number of nitrogens with one attached hydrogen (secondary N) is 1. The zero-order valence-corrected chi connectivity index (χ0v) is 12.9. The quantitative estimate of drug-likeness (QED) is 0.473. The number of guanidine groups is 1. The molecule has 0 aromatic carbocycles. The lowest BCUT2D eigenvalue weighted by atomic mass is 10.1. The Labute approximate surface area is 122 Å². The van der Waals surface area contributed by atoms with Crippen LogP contribution in [0.1, 0.15) is 39.0 Å². The first-order valence-corrected chi connectivity index (χ1v) is 8.04. The molecule has 0 spiro atoms. The zero-order chi connectivity index (χ0) is 14.2. The van der Waals surface area contributed by atoms with Gasteiger partial charge in [0, 0.05) is 33.3 Å². The molecule has 0 bridgehead atoms. The van der Waals surface area contributed by atoms with Gasteiger partial charge in [-0.15, -0.1) is 0 Å². The van der Waals surface area contributed by atoms with E-state index in [4.69, 9.17) is 9.47 Å². The van der Waals surface area contributed by atoms with Gasteiger partial charge < -0.3 is 19.7 Å². The summed E-state index contributed by atoms with van der Waals surface area (Å²) in [5.74, 6) is 1.01. The number of rotatable bonds is 5. The number of hydrogen-bond acceptors (Lipinski definition) is 3. The van der Waals surface area contributed by atoms with Crippen LogP contribution in [0.4, 0.5) is 0 Å². The van der Waals surface area contributed by atoms with Crippen molar-refractivity contribution in [3.05, 3.63) is 0 Å². The first-order chi connectivity index (χ1) is 9.85. The summed E-state index contributed by atoms with van der Waals surface area (Å²) >= 11 is 0. The zero-order valence-electron chi connectivity index (χ0n) is 12.9. The Morgan fingerprint density at radius 1 is 1.25 bits per heavy atom. The van der Waals surface area contributed by atoms with Crippen molar-refractivity contribution in [2.75, 3.05) is 39.9 Å². The fourth-order valence-corrected chi connectivity index (χ4v) is 2.90. The maximum absolute atomic E-state index is 5.88. The normalized spacial score (nSPS) is 27.9. The van der Waals surface area contributed by atoms with Crippen molar-refractivity contribution in [2.24, 2.45) is 4.99 Å². The number of morpholine rings is 1. The van der Waals surface area contributed by atoms with Crippen molar-refractivity contribution in [1.82, 2.24) is 10.2 Å². The van der Waals surface area contributed by atoms with Gasteiger partial charge in [0.05, 0.1) is 12.7 Å². The van der Waals surface area contributed by atoms with Gasteiger partial charge >= 0.3 is 0 Å². The number of aliphatic imine (C=N–C) groups is 1. The van der Waals surface area contributed by atoms with E-state index in [1.54, 1.807) is 0 Å². The topological polar surface area (TPSA) is 46.1 Å². The fraction of sp³-hybridized carbons (Fsp3) is 0.933. The van der Waals surface area contributed by atoms with Crippen molar-refractivity contribution in [2.45, 2.75) is 51.2 Å². The average molecular weight is 283 g/mol. The van der Waals surface area contributed by atoms with Crippen LogP contribution >= 0.6 is 0 Å². The molecule has 0 aromatic rings. The van der Waals surface area contributed by atoms with Gasteiger partial charge in [0.25, 0.3) is 0 Å². The van der Waals surface area contributed by atoms with E-state index >= 15 is 0 Å². The molecule has 2 heterocycles. The van der Waals surface area contributed by atoms with Gasteiger partial charge in [-0.1, -0.05) is 19.8 Å². The Morgan fingerprint density at radius 3 is 2.80 bits per heavy atom. The highest BCUT2D eigenvalue weighted by Gasteiger charge is 2.32. The molecular formula is C15H29N3O2. The summed E-state index contributed by atoms with van der Waals surface area (Å²) in [7, 11) is 1.86. The second kappa shape index (κ2) is 8.47. The summed E-state index contributed by atoms with van der Waals surface area (Å²) in [6, 6.07) is 0. The van der Waals surface area contributed by atoms with Crippen LogP contribution in [0.25, 0.3) is 0 Å². The third kappa shape index (κ3) is 4.35. The molecule has 5 heteroatoms.